The predicted molar refractivity (Wildman–Crippen MR) is 96.2 cm³/mol. The number of aryl methyl sites for hydroxylation is 3. The van der Waals surface area contributed by atoms with Crippen molar-refractivity contribution in [3.63, 3.8) is 0 Å². The van der Waals surface area contributed by atoms with E-state index in [1.54, 1.807) is 0 Å². The van der Waals surface area contributed by atoms with Crippen LogP contribution in [0.5, 0.6) is 0 Å². The number of allylic oxidation sites excluding steroid dienone is 4. The third-order valence-electron chi connectivity index (χ3n) is 5.63. The Hall–Kier alpha value is -2.32. The fraction of sp³-hybridized carbons (Fsp3) is 0.455. The molecule has 0 amide bonds. The van der Waals surface area contributed by atoms with Gasteiger partial charge in [-0.15, -0.1) is 0 Å². The van der Waals surface area contributed by atoms with E-state index in [-0.39, 0.29) is 11.8 Å². The number of benzene rings is 1. The van der Waals surface area contributed by atoms with Gasteiger partial charge in [0.05, 0.1) is 12.1 Å². The summed E-state index contributed by atoms with van der Waals surface area (Å²) in [4.78, 5) is 0. The Kier molecular flexibility index (Phi) is 4.33. The van der Waals surface area contributed by atoms with E-state index in [0.29, 0.717) is 6.42 Å². The molecule has 0 bridgehead atoms. The van der Waals surface area contributed by atoms with Crippen molar-refractivity contribution in [1.29, 1.82) is 10.5 Å². The first kappa shape index (κ1) is 16.5. The number of hydrogen-bond acceptors (Lipinski definition) is 2. The van der Waals surface area contributed by atoms with Gasteiger partial charge in [0, 0.05) is 12.3 Å². The van der Waals surface area contributed by atoms with E-state index in [1.807, 2.05) is 0 Å². The number of nitrogens with zero attached hydrogens (tertiary/aromatic N) is 2. The Morgan fingerprint density at radius 1 is 1.08 bits per heavy atom. The molecule has 0 N–H and O–H groups in total. The maximum absolute atomic E-state index is 9.76. The molecule has 2 aliphatic carbocycles. The molecule has 2 aliphatic rings. The zero-order valence-corrected chi connectivity index (χ0v) is 14.8. The molecule has 2 unspecified atom stereocenters. The Bertz CT molecular complexity index is 761. The van der Waals surface area contributed by atoms with Gasteiger partial charge in [0.2, 0.25) is 0 Å². The van der Waals surface area contributed by atoms with Crippen molar-refractivity contribution in [1.82, 2.24) is 0 Å². The van der Waals surface area contributed by atoms with Crippen molar-refractivity contribution in [3.05, 3.63) is 58.2 Å². The SMILES string of the molecule is Cc1cc(C)c(C2C=CCC(C#N)(C#N)C3=CCCCC32)c(C)c1. The number of nitriles is 2. The second kappa shape index (κ2) is 6.29. The van der Waals surface area contributed by atoms with Gasteiger partial charge < -0.3 is 0 Å². The lowest BCUT2D eigenvalue weighted by Gasteiger charge is -2.35. The Balaban J connectivity index is 2.16. The summed E-state index contributed by atoms with van der Waals surface area (Å²) in [5.74, 6) is 0.526. The molecule has 0 spiro atoms. The van der Waals surface area contributed by atoms with Crippen LogP contribution >= 0.6 is 0 Å². The fourth-order valence-electron chi connectivity index (χ4n) is 4.67. The van der Waals surface area contributed by atoms with E-state index in [9.17, 15) is 10.5 Å². The Labute approximate surface area is 145 Å². The van der Waals surface area contributed by atoms with Gasteiger partial charge in [0.1, 0.15) is 0 Å². The molecular formula is C22H24N2. The minimum Gasteiger partial charge on any atom is -0.196 e. The zero-order valence-electron chi connectivity index (χ0n) is 14.8. The van der Waals surface area contributed by atoms with Crippen LogP contribution in [0.15, 0.2) is 35.9 Å². The predicted octanol–water partition coefficient (Wildman–Crippen LogP) is 5.42. The van der Waals surface area contributed by atoms with Gasteiger partial charge in [-0.3, -0.25) is 0 Å². The molecule has 2 nitrogen and oxygen atoms in total. The summed E-state index contributed by atoms with van der Waals surface area (Å²) in [5, 5.41) is 19.5. The highest BCUT2D eigenvalue weighted by Crippen LogP contribution is 2.50. The highest BCUT2D eigenvalue weighted by Gasteiger charge is 2.43. The second-order valence-electron chi connectivity index (χ2n) is 7.30. The quantitative estimate of drug-likeness (QED) is 0.650. The van der Waals surface area contributed by atoms with Crippen molar-refractivity contribution < 1.29 is 0 Å². The normalized spacial score (nSPS) is 25.0. The van der Waals surface area contributed by atoms with Crippen LogP contribution in [-0.2, 0) is 0 Å². The first-order chi connectivity index (χ1) is 11.5. The van der Waals surface area contributed by atoms with Crippen LogP contribution in [0.1, 0.15) is 53.9 Å². The van der Waals surface area contributed by atoms with E-state index in [0.717, 1.165) is 24.8 Å². The van der Waals surface area contributed by atoms with Gasteiger partial charge in [-0.25, -0.2) is 0 Å². The molecule has 1 aromatic carbocycles. The highest BCUT2D eigenvalue weighted by atomic mass is 14.5. The van der Waals surface area contributed by atoms with Gasteiger partial charge >= 0.3 is 0 Å². The van der Waals surface area contributed by atoms with E-state index in [4.69, 9.17) is 0 Å². The molecule has 0 radical (unpaired) electrons. The van der Waals surface area contributed by atoms with Gasteiger partial charge in [-0.1, -0.05) is 35.9 Å². The van der Waals surface area contributed by atoms with Crippen LogP contribution in [0.2, 0.25) is 0 Å². The van der Waals surface area contributed by atoms with Gasteiger partial charge in [-0.2, -0.15) is 10.5 Å². The summed E-state index contributed by atoms with van der Waals surface area (Å²) in [6.07, 6.45) is 10.2. The zero-order chi connectivity index (χ0) is 17.3. The lowest BCUT2D eigenvalue weighted by Crippen LogP contribution is -2.28. The van der Waals surface area contributed by atoms with Crippen molar-refractivity contribution >= 4 is 0 Å². The summed E-state index contributed by atoms with van der Waals surface area (Å²) in [5.41, 5.74) is 5.37. The smallest absolute Gasteiger partial charge is 0.168 e. The first-order valence-corrected chi connectivity index (χ1v) is 8.80. The molecule has 0 saturated heterocycles. The summed E-state index contributed by atoms with van der Waals surface area (Å²) in [7, 11) is 0. The average molecular weight is 316 g/mol. The van der Waals surface area contributed by atoms with Gasteiger partial charge in [0.25, 0.3) is 0 Å². The maximum atomic E-state index is 9.76. The molecule has 1 aromatic rings. The lowest BCUT2D eigenvalue weighted by molar-refractivity contribution is 0.415. The summed E-state index contributed by atoms with van der Waals surface area (Å²) < 4.78 is 0. The van der Waals surface area contributed by atoms with E-state index >= 15 is 0 Å². The maximum Gasteiger partial charge on any atom is 0.168 e. The van der Waals surface area contributed by atoms with Gasteiger partial charge in [-0.05, 0) is 68.2 Å². The standard InChI is InChI=1S/C22H24N2/c1-15-11-16(2)21(17(3)12-15)19-8-6-10-22(13-23,14-24)20-9-5-4-7-18(19)20/h6,8-9,11-12,18-19H,4-5,7,10H2,1-3H3. The molecule has 0 saturated carbocycles. The van der Waals surface area contributed by atoms with Gasteiger partial charge in [0.15, 0.2) is 5.41 Å². The van der Waals surface area contributed by atoms with Crippen molar-refractivity contribution in [2.75, 3.05) is 0 Å². The van der Waals surface area contributed by atoms with E-state index in [2.05, 4.69) is 63.3 Å². The lowest BCUT2D eigenvalue weighted by atomic mass is 9.66. The largest absolute Gasteiger partial charge is 0.196 e. The Morgan fingerprint density at radius 2 is 1.75 bits per heavy atom. The van der Waals surface area contributed by atoms with Crippen LogP contribution in [0.3, 0.4) is 0 Å². The molecule has 24 heavy (non-hydrogen) atoms. The summed E-state index contributed by atoms with van der Waals surface area (Å²) in [6.45, 7) is 6.50. The van der Waals surface area contributed by atoms with Crippen molar-refractivity contribution in [2.45, 2.75) is 52.4 Å². The molecule has 0 heterocycles. The van der Waals surface area contributed by atoms with E-state index < -0.39 is 5.41 Å². The minimum atomic E-state index is -0.983. The first-order valence-electron chi connectivity index (χ1n) is 8.80. The summed E-state index contributed by atoms with van der Waals surface area (Å²) in [6, 6.07) is 9.16. The second-order valence-corrected chi connectivity index (χ2v) is 7.30. The number of fused-ring (bicyclic) bond motifs is 1. The average Bonchev–Trinajstić information content (AvgIpc) is 2.72. The van der Waals surface area contributed by atoms with Crippen molar-refractivity contribution in [2.24, 2.45) is 11.3 Å². The van der Waals surface area contributed by atoms with Crippen LogP contribution in [0.25, 0.3) is 0 Å². The minimum absolute atomic E-state index is 0.261. The Morgan fingerprint density at radius 3 is 2.38 bits per heavy atom. The highest BCUT2D eigenvalue weighted by molar-refractivity contribution is 5.47. The van der Waals surface area contributed by atoms with Crippen LogP contribution < -0.4 is 0 Å². The van der Waals surface area contributed by atoms with E-state index in [1.165, 1.54) is 22.3 Å². The molecular weight excluding hydrogens is 292 g/mol. The molecule has 0 aromatic heterocycles. The molecule has 0 aliphatic heterocycles. The third kappa shape index (κ3) is 2.57. The van der Waals surface area contributed by atoms with Crippen LogP contribution in [-0.4, -0.2) is 0 Å². The molecule has 122 valence electrons. The topological polar surface area (TPSA) is 47.6 Å². The van der Waals surface area contributed by atoms with Crippen LogP contribution in [0, 0.1) is 54.8 Å². The molecule has 0 fully saturated rings. The molecule has 2 atom stereocenters. The van der Waals surface area contributed by atoms with Crippen molar-refractivity contribution in [3.8, 4) is 12.1 Å². The number of rotatable bonds is 1. The van der Waals surface area contributed by atoms with Crippen LogP contribution in [0.4, 0.5) is 0 Å². The number of hydrogen-bond donors (Lipinski definition) is 0. The molecule has 2 heteroatoms. The monoisotopic (exact) mass is 316 g/mol. The third-order valence-corrected chi connectivity index (χ3v) is 5.63. The summed E-state index contributed by atoms with van der Waals surface area (Å²) >= 11 is 0. The fourth-order valence-corrected chi connectivity index (χ4v) is 4.67. The molecule has 3 rings (SSSR count).